The van der Waals surface area contributed by atoms with Crippen molar-refractivity contribution in [3.05, 3.63) is 28.9 Å². The Bertz CT molecular complexity index is 639. The van der Waals surface area contributed by atoms with Crippen molar-refractivity contribution in [1.29, 1.82) is 0 Å². The van der Waals surface area contributed by atoms with Gasteiger partial charge in [-0.2, -0.15) is 0 Å². The van der Waals surface area contributed by atoms with Gasteiger partial charge in [-0.25, -0.2) is 4.98 Å². The van der Waals surface area contributed by atoms with E-state index in [4.69, 9.17) is 4.74 Å². The van der Waals surface area contributed by atoms with Crippen LogP contribution in [0.5, 0.6) is 0 Å². The monoisotopic (exact) mass is 305 g/mol. The highest BCUT2D eigenvalue weighted by atomic mass is 32.1. The molecule has 21 heavy (non-hydrogen) atoms. The second-order valence-corrected chi connectivity index (χ2v) is 5.74. The normalized spacial score (nSPS) is 15.0. The van der Waals surface area contributed by atoms with E-state index in [0.717, 1.165) is 18.1 Å². The minimum absolute atomic E-state index is 0.222. The number of nitrogens with zero attached hydrogens (tertiary/aromatic N) is 4. The fourth-order valence-corrected chi connectivity index (χ4v) is 2.70. The van der Waals surface area contributed by atoms with Crippen LogP contribution in [0.15, 0.2) is 18.3 Å². The van der Waals surface area contributed by atoms with E-state index >= 15 is 0 Å². The number of aromatic nitrogens is 3. The number of nitrogens with one attached hydrogen (secondary N) is 1. The lowest BCUT2D eigenvalue weighted by molar-refractivity contribution is 0.102. The Morgan fingerprint density at radius 2 is 2.19 bits per heavy atom. The lowest BCUT2D eigenvalue weighted by Gasteiger charge is -2.28. The average Bonchev–Trinajstić information content (AvgIpc) is 2.93. The lowest BCUT2D eigenvalue weighted by atomic mass is 10.2. The maximum Gasteiger partial charge on any atom is 0.261 e. The first-order valence-electron chi connectivity index (χ1n) is 6.63. The fourth-order valence-electron chi connectivity index (χ4n) is 2.11. The third kappa shape index (κ3) is 3.17. The van der Waals surface area contributed by atoms with Crippen molar-refractivity contribution in [3.63, 3.8) is 0 Å². The van der Waals surface area contributed by atoms with Crippen molar-refractivity contribution in [2.45, 2.75) is 6.92 Å². The number of ether oxygens (including phenoxy) is 1. The highest BCUT2D eigenvalue weighted by Crippen LogP contribution is 2.21. The van der Waals surface area contributed by atoms with Crippen molar-refractivity contribution >= 4 is 28.2 Å². The third-order valence-corrected chi connectivity index (χ3v) is 3.84. The van der Waals surface area contributed by atoms with Crippen LogP contribution < -0.4 is 10.2 Å². The molecule has 3 rings (SSSR count). The Morgan fingerprint density at radius 1 is 1.38 bits per heavy atom. The van der Waals surface area contributed by atoms with Crippen molar-refractivity contribution in [3.8, 4) is 0 Å². The van der Waals surface area contributed by atoms with E-state index in [0.29, 0.717) is 29.7 Å². The number of hydrogen-bond donors (Lipinski definition) is 1. The van der Waals surface area contributed by atoms with Gasteiger partial charge in [0.25, 0.3) is 5.91 Å². The second kappa shape index (κ2) is 6.15. The van der Waals surface area contributed by atoms with E-state index in [1.807, 2.05) is 6.92 Å². The number of carbonyl (C=O) groups excluding carboxylic acids is 1. The summed E-state index contributed by atoms with van der Waals surface area (Å²) in [5.74, 6) is 0.459. The van der Waals surface area contributed by atoms with Crippen LogP contribution >= 0.6 is 11.3 Å². The molecule has 8 heteroatoms. The summed E-state index contributed by atoms with van der Waals surface area (Å²) in [6.07, 6.45) is 1.69. The van der Waals surface area contributed by atoms with Crippen LogP contribution in [0.1, 0.15) is 15.4 Å². The molecule has 1 amide bonds. The molecular formula is C13H15N5O2S. The minimum atomic E-state index is -0.222. The van der Waals surface area contributed by atoms with Gasteiger partial charge in [0.2, 0.25) is 5.13 Å². The summed E-state index contributed by atoms with van der Waals surface area (Å²) < 4.78 is 5.33. The van der Waals surface area contributed by atoms with Crippen LogP contribution in [0, 0.1) is 6.92 Å². The largest absolute Gasteiger partial charge is 0.378 e. The van der Waals surface area contributed by atoms with Crippen LogP contribution in [0.3, 0.4) is 0 Å². The molecule has 0 aromatic carbocycles. The molecule has 0 aliphatic carbocycles. The van der Waals surface area contributed by atoms with Gasteiger partial charge in [0.05, 0.1) is 18.8 Å². The van der Waals surface area contributed by atoms with Gasteiger partial charge in [-0.15, -0.1) is 10.2 Å². The molecule has 1 fully saturated rings. The smallest absolute Gasteiger partial charge is 0.261 e. The van der Waals surface area contributed by atoms with Crippen LogP contribution in [-0.4, -0.2) is 47.4 Å². The van der Waals surface area contributed by atoms with Gasteiger partial charge in [-0.1, -0.05) is 11.3 Å². The standard InChI is InChI=1S/C13H15N5O2S/c1-9-16-17-13(21-9)15-12(19)10-3-2-4-14-11(10)18-5-7-20-8-6-18/h2-4H,5-8H2,1H3,(H,15,17,19). The average molecular weight is 305 g/mol. The molecule has 0 saturated carbocycles. The van der Waals surface area contributed by atoms with Gasteiger partial charge >= 0.3 is 0 Å². The van der Waals surface area contributed by atoms with Crippen LogP contribution in [-0.2, 0) is 4.74 Å². The third-order valence-electron chi connectivity index (χ3n) is 3.09. The molecule has 0 atom stereocenters. The summed E-state index contributed by atoms with van der Waals surface area (Å²) in [7, 11) is 0. The first kappa shape index (κ1) is 13.9. The van der Waals surface area contributed by atoms with E-state index < -0.39 is 0 Å². The van der Waals surface area contributed by atoms with Gasteiger partial charge in [0, 0.05) is 19.3 Å². The summed E-state index contributed by atoms with van der Waals surface area (Å²) >= 11 is 1.34. The summed E-state index contributed by atoms with van der Waals surface area (Å²) in [6, 6.07) is 3.52. The van der Waals surface area contributed by atoms with E-state index in [9.17, 15) is 4.79 Å². The summed E-state index contributed by atoms with van der Waals surface area (Å²) in [4.78, 5) is 18.8. The number of hydrogen-bond acceptors (Lipinski definition) is 7. The number of amides is 1. The molecule has 1 saturated heterocycles. The first-order chi connectivity index (χ1) is 10.2. The van der Waals surface area contributed by atoms with Crippen LogP contribution in [0.25, 0.3) is 0 Å². The molecular weight excluding hydrogens is 290 g/mol. The molecule has 1 aliphatic rings. The Morgan fingerprint density at radius 3 is 2.90 bits per heavy atom. The Balaban J connectivity index is 1.82. The van der Waals surface area contributed by atoms with Crippen molar-refractivity contribution in [2.75, 3.05) is 36.5 Å². The molecule has 2 aromatic heterocycles. The topological polar surface area (TPSA) is 80.2 Å². The summed E-state index contributed by atoms with van der Waals surface area (Å²) in [5, 5.41) is 11.9. The maximum absolute atomic E-state index is 12.4. The zero-order chi connectivity index (χ0) is 14.7. The SMILES string of the molecule is Cc1nnc(NC(=O)c2cccnc2N2CCOCC2)s1. The molecule has 0 radical (unpaired) electrons. The summed E-state index contributed by atoms with van der Waals surface area (Å²) in [6.45, 7) is 4.60. The molecule has 0 bridgehead atoms. The van der Waals surface area contributed by atoms with Crippen molar-refractivity contribution < 1.29 is 9.53 Å². The second-order valence-electron chi connectivity index (χ2n) is 4.55. The highest BCUT2D eigenvalue weighted by molar-refractivity contribution is 7.15. The Hall–Kier alpha value is -2.06. The van der Waals surface area contributed by atoms with Gasteiger partial charge in [-0.05, 0) is 19.1 Å². The number of pyridine rings is 1. The lowest BCUT2D eigenvalue weighted by Crippen LogP contribution is -2.38. The number of anilines is 2. The maximum atomic E-state index is 12.4. The molecule has 110 valence electrons. The van der Waals surface area contributed by atoms with Crippen molar-refractivity contribution in [1.82, 2.24) is 15.2 Å². The number of carbonyl (C=O) groups is 1. The van der Waals surface area contributed by atoms with Gasteiger partial charge < -0.3 is 9.64 Å². The van der Waals surface area contributed by atoms with Crippen LogP contribution in [0.4, 0.5) is 10.9 Å². The number of morpholine rings is 1. The van der Waals surface area contributed by atoms with Crippen LogP contribution in [0.2, 0.25) is 0 Å². The van der Waals surface area contributed by atoms with E-state index in [2.05, 4.69) is 25.4 Å². The molecule has 1 aliphatic heterocycles. The number of aryl methyl sites for hydroxylation is 1. The molecule has 1 N–H and O–H groups in total. The zero-order valence-corrected chi connectivity index (χ0v) is 12.4. The van der Waals surface area contributed by atoms with E-state index in [1.54, 1.807) is 18.3 Å². The van der Waals surface area contributed by atoms with Crippen molar-refractivity contribution in [2.24, 2.45) is 0 Å². The highest BCUT2D eigenvalue weighted by Gasteiger charge is 2.20. The molecule has 3 heterocycles. The van der Waals surface area contributed by atoms with Gasteiger partial charge in [-0.3, -0.25) is 10.1 Å². The first-order valence-corrected chi connectivity index (χ1v) is 7.45. The predicted octanol–water partition coefficient (Wildman–Crippen LogP) is 1.33. The quantitative estimate of drug-likeness (QED) is 0.921. The summed E-state index contributed by atoms with van der Waals surface area (Å²) in [5.41, 5.74) is 0.534. The fraction of sp³-hybridized carbons (Fsp3) is 0.385. The Labute approximate surface area is 126 Å². The molecule has 7 nitrogen and oxygen atoms in total. The zero-order valence-electron chi connectivity index (χ0n) is 11.6. The Kier molecular flexibility index (Phi) is 4.07. The van der Waals surface area contributed by atoms with Gasteiger partial charge in [0.15, 0.2) is 0 Å². The molecule has 2 aromatic rings. The molecule has 0 spiro atoms. The van der Waals surface area contributed by atoms with Gasteiger partial charge in [0.1, 0.15) is 10.8 Å². The minimum Gasteiger partial charge on any atom is -0.378 e. The van der Waals surface area contributed by atoms with E-state index in [1.165, 1.54) is 11.3 Å². The molecule has 0 unspecified atom stereocenters. The number of rotatable bonds is 3. The van der Waals surface area contributed by atoms with E-state index in [-0.39, 0.29) is 5.91 Å². The predicted molar refractivity (Wildman–Crippen MR) is 79.9 cm³/mol.